The first kappa shape index (κ1) is 17.4. The highest BCUT2D eigenvalue weighted by atomic mass is 127. The number of para-hydroxylation sites is 1. The molecule has 2 fully saturated rings. The molecule has 0 aromatic heterocycles. The summed E-state index contributed by atoms with van der Waals surface area (Å²) in [6.45, 7) is 2.62. The van der Waals surface area contributed by atoms with Crippen LogP contribution in [0.15, 0.2) is 29.3 Å². The standard InChI is InChI=1S/C17H25N3O.HI/c1-18-17(19-10-13-6-7-13)20-11-15-4-2-3-5-16(15)21-12-14-8-9-14;/h2-5,13-14H,6-12H2,1H3,(H2,18,19,20);1H. The fraction of sp³-hybridized carbons (Fsp3) is 0.588. The molecule has 2 aliphatic rings. The van der Waals surface area contributed by atoms with Gasteiger partial charge in [-0.2, -0.15) is 0 Å². The Morgan fingerprint density at radius 2 is 1.86 bits per heavy atom. The van der Waals surface area contributed by atoms with Crippen molar-refractivity contribution in [2.24, 2.45) is 16.8 Å². The lowest BCUT2D eigenvalue weighted by atomic mass is 10.2. The second-order valence-electron chi connectivity index (χ2n) is 6.11. The van der Waals surface area contributed by atoms with Gasteiger partial charge in [-0.3, -0.25) is 4.99 Å². The molecule has 5 heteroatoms. The van der Waals surface area contributed by atoms with E-state index >= 15 is 0 Å². The van der Waals surface area contributed by atoms with Gasteiger partial charge >= 0.3 is 0 Å². The molecule has 2 saturated carbocycles. The predicted molar refractivity (Wildman–Crippen MR) is 101 cm³/mol. The number of benzene rings is 1. The van der Waals surface area contributed by atoms with Crippen LogP contribution in [0, 0.1) is 11.8 Å². The molecule has 0 saturated heterocycles. The van der Waals surface area contributed by atoms with Crippen LogP contribution in [-0.2, 0) is 6.54 Å². The summed E-state index contributed by atoms with van der Waals surface area (Å²) in [6, 6.07) is 8.26. The fourth-order valence-corrected chi connectivity index (χ4v) is 2.25. The van der Waals surface area contributed by atoms with Gasteiger partial charge in [0.1, 0.15) is 5.75 Å². The molecule has 122 valence electrons. The molecular formula is C17H26IN3O. The van der Waals surface area contributed by atoms with Gasteiger partial charge in [0.05, 0.1) is 6.61 Å². The maximum Gasteiger partial charge on any atom is 0.191 e. The molecule has 0 unspecified atom stereocenters. The summed E-state index contributed by atoms with van der Waals surface area (Å²) < 4.78 is 5.93. The molecule has 3 rings (SSSR count). The van der Waals surface area contributed by atoms with E-state index in [9.17, 15) is 0 Å². The van der Waals surface area contributed by atoms with Crippen LogP contribution in [0.5, 0.6) is 5.75 Å². The summed E-state index contributed by atoms with van der Waals surface area (Å²) in [4.78, 5) is 4.27. The van der Waals surface area contributed by atoms with Crippen LogP contribution in [0.2, 0.25) is 0 Å². The lowest BCUT2D eigenvalue weighted by Crippen LogP contribution is -2.37. The van der Waals surface area contributed by atoms with E-state index in [1.807, 2.05) is 13.1 Å². The van der Waals surface area contributed by atoms with Crippen molar-refractivity contribution in [2.75, 3.05) is 20.2 Å². The molecule has 0 heterocycles. The highest BCUT2D eigenvalue weighted by Crippen LogP contribution is 2.30. The van der Waals surface area contributed by atoms with Crippen LogP contribution < -0.4 is 15.4 Å². The van der Waals surface area contributed by atoms with Crippen LogP contribution in [0.3, 0.4) is 0 Å². The van der Waals surface area contributed by atoms with Crippen molar-refractivity contribution in [1.82, 2.24) is 10.6 Å². The summed E-state index contributed by atoms with van der Waals surface area (Å²) >= 11 is 0. The first-order valence-corrected chi connectivity index (χ1v) is 8.00. The normalized spacial score (nSPS) is 17.6. The third-order valence-corrected chi connectivity index (χ3v) is 4.07. The van der Waals surface area contributed by atoms with E-state index in [2.05, 4.69) is 33.8 Å². The van der Waals surface area contributed by atoms with Crippen LogP contribution in [0.25, 0.3) is 0 Å². The highest BCUT2D eigenvalue weighted by molar-refractivity contribution is 14.0. The van der Waals surface area contributed by atoms with E-state index in [1.165, 1.54) is 31.2 Å². The Kier molecular flexibility index (Phi) is 6.79. The maximum atomic E-state index is 5.93. The summed E-state index contributed by atoms with van der Waals surface area (Å²) in [5, 5.41) is 6.75. The average molecular weight is 415 g/mol. The molecular weight excluding hydrogens is 389 g/mol. The van der Waals surface area contributed by atoms with Gasteiger partial charge in [0.15, 0.2) is 5.96 Å². The number of hydrogen-bond donors (Lipinski definition) is 2. The SMILES string of the molecule is CN=C(NCc1ccccc1OCC1CC1)NCC1CC1.I. The number of ether oxygens (including phenoxy) is 1. The van der Waals surface area contributed by atoms with Crippen molar-refractivity contribution in [3.63, 3.8) is 0 Å². The van der Waals surface area contributed by atoms with E-state index in [4.69, 9.17) is 4.74 Å². The molecule has 4 nitrogen and oxygen atoms in total. The van der Waals surface area contributed by atoms with Crippen LogP contribution in [-0.4, -0.2) is 26.2 Å². The Balaban J connectivity index is 0.00000176. The lowest BCUT2D eigenvalue weighted by Gasteiger charge is -2.14. The number of halogens is 1. The Morgan fingerprint density at radius 3 is 2.55 bits per heavy atom. The predicted octanol–water partition coefficient (Wildman–Crippen LogP) is 3.17. The molecule has 2 N–H and O–H groups in total. The summed E-state index contributed by atoms with van der Waals surface area (Å²) in [5.41, 5.74) is 1.19. The minimum Gasteiger partial charge on any atom is -0.493 e. The van der Waals surface area contributed by atoms with Crippen molar-refractivity contribution in [2.45, 2.75) is 32.2 Å². The molecule has 1 aromatic rings. The first-order valence-electron chi connectivity index (χ1n) is 8.00. The van der Waals surface area contributed by atoms with E-state index in [0.717, 1.165) is 43.2 Å². The second kappa shape index (κ2) is 8.60. The van der Waals surface area contributed by atoms with Gasteiger partial charge in [-0.05, 0) is 43.6 Å². The van der Waals surface area contributed by atoms with Gasteiger partial charge in [-0.15, -0.1) is 24.0 Å². The zero-order valence-corrected chi connectivity index (χ0v) is 15.5. The summed E-state index contributed by atoms with van der Waals surface area (Å²) in [6.07, 6.45) is 5.33. The smallest absolute Gasteiger partial charge is 0.191 e. The van der Waals surface area contributed by atoms with E-state index < -0.39 is 0 Å². The quantitative estimate of drug-likeness (QED) is 0.409. The highest BCUT2D eigenvalue weighted by Gasteiger charge is 2.22. The molecule has 0 atom stereocenters. The number of guanidine groups is 1. The first-order chi connectivity index (χ1) is 10.3. The minimum absolute atomic E-state index is 0. The van der Waals surface area contributed by atoms with Gasteiger partial charge in [-0.1, -0.05) is 18.2 Å². The van der Waals surface area contributed by atoms with E-state index in [1.54, 1.807) is 0 Å². The van der Waals surface area contributed by atoms with Gasteiger partial charge in [0, 0.05) is 25.7 Å². The third kappa shape index (κ3) is 5.66. The van der Waals surface area contributed by atoms with Gasteiger partial charge in [0.2, 0.25) is 0 Å². The minimum atomic E-state index is 0. The topological polar surface area (TPSA) is 45.7 Å². The number of hydrogen-bond acceptors (Lipinski definition) is 2. The van der Waals surface area contributed by atoms with Crippen molar-refractivity contribution in [3.05, 3.63) is 29.8 Å². The van der Waals surface area contributed by atoms with Gasteiger partial charge in [-0.25, -0.2) is 0 Å². The van der Waals surface area contributed by atoms with E-state index in [0.29, 0.717) is 0 Å². The summed E-state index contributed by atoms with van der Waals surface area (Å²) in [5.74, 6) is 3.49. The second-order valence-corrected chi connectivity index (χ2v) is 6.11. The molecule has 2 aliphatic carbocycles. The maximum absolute atomic E-state index is 5.93. The zero-order chi connectivity index (χ0) is 14.5. The molecule has 0 aliphatic heterocycles. The Bertz CT molecular complexity index is 498. The van der Waals surface area contributed by atoms with E-state index in [-0.39, 0.29) is 24.0 Å². The molecule has 22 heavy (non-hydrogen) atoms. The Hall–Kier alpha value is -0.980. The Labute approximate surface area is 150 Å². The molecule has 0 radical (unpaired) electrons. The molecule has 0 amide bonds. The zero-order valence-electron chi connectivity index (χ0n) is 13.2. The van der Waals surface area contributed by atoms with Crippen molar-refractivity contribution in [1.29, 1.82) is 0 Å². The lowest BCUT2D eigenvalue weighted by molar-refractivity contribution is 0.296. The number of nitrogens with zero attached hydrogens (tertiary/aromatic N) is 1. The van der Waals surface area contributed by atoms with Gasteiger partial charge in [0.25, 0.3) is 0 Å². The number of aliphatic imine (C=N–C) groups is 1. The molecule has 0 spiro atoms. The monoisotopic (exact) mass is 415 g/mol. The summed E-state index contributed by atoms with van der Waals surface area (Å²) in [7, 11) is 1.82. The number of nitrogens with one attached hydrogen (secondary N) is 2. The largest absolute Gasteiger partial charge is 0.493 e. The third-order valence-electron chi connectivity index (χ3n) is 4.07. The van der Waals surface area contributed by atoms with Crippen LogP contribution >= 0.6 is 24.0 Å². The number of rotatable bonds is 7. The molecule has 1 aromatic carbocycles. The van der Waals surface area contributed by atoms with Gasteiger partial charge < -0.3 is 15.4 Å². The van der Waals surface area contributed by atoms with Crippen molar-refractivity contribution < 1.29 is 4.74 Å². The average Bonchev–Trinajstić information content (AvgIpc) is 3.39. The van der Waals surface area contributed by atoms with Crippen molar-refractivity contribution >= 4 is 29.9 Å². The fourth-order valence-electron chi connectivity index (χ4n) is 2.25. The van der Waals surface area contributed by atoms with Crippen LogP contribution in [0.4, 0.5) is 0 Å². The Morgan fingerprint density at radius 1 is 1.14 bits per heavy atom. The van der Waals surface area contributed by atoms with Crippen molar-refractivity contribution in [3.8, 4) is 5.75 Å². The van der Waals surface area contributed by atoms with Crippen LogP contribution in [0.1, 0.15) is 31.2 Å². The molecule has 0 bridgehead atoms.